The average Bonchev–Trinajstić information content (AvgIpc) is 3.62. The van der Waals surface area contributed by atoms with Crippen molar-refractivity contribution in [2.75, 3.05) is 19.6 Å². The highest BCUT2D eigenvalue weighted by Gasteiger charge is 2.37. The molecule has 18 nitrogen and oxygen atoms in total. The third kappa shape index (κ3) is 9.40. The molecule has 0 unspecified atom stereocenters. The van der Waals surface area contributed by atoms with Gasteiger partial charge in [0.2, 0.25) is 35.2 Å². The molecule has 1 aliphatic carbocycles. The highest BCUT2D eigenvalue weighted by Crippen LogP contribution is 2.34. The van der Waals surface area contributed by atoms with Gasteiger partial charge in [0.1, 0.15) is 24.7 Å². The molecule has 0 spiro atoms. The molecule has 18 heteroatoms. The topological polar surface area (TPSA) is 283 Å². The summed E-state index contributed by atoms with van der Waals surface area (Å²) in [6.45, 7) is -1.36. The molecule has 0 bridgehead atoms. The third-order valence-electron chi connectivity index (χ3n) is 8.45. The van der Waals surface area contributed by atoms with E-state index in [4.69, 9.17) is 10.2 Å². The van der Waals surface area contributed by atoms with E-state index in [-0.39, 0.29) is 42.5 Å². The van der Waals surface area contributed by atoms with Crippen LogP contribution in [0.1, 0.15) is 69.6 Å². The molecule has 1 aliphatic heterocycles. The summed E-state index contributed by atoms with van der Waals surface area (Å²) >= 11 is 0. The van der Waals surface area contributed by atoms with Crippen molar-refractivity contribution in [1.29, 1.82) is 0 Å². The summed E-state index contributed by atoms with van der Waals surface area (Å²) in [7, 11) is 0. The zero-order valence-electron chi connectivity index (χ0n) is 27.5. The van der Waals surface area contributed by atoms with Crippen LogP contribution in [0.3, 0.4) is 0 Å². The van der Waals surface area contributed by atoms with E-state index in [0.717, 1.165) is 4.90 Å². The molecule has 1 fully saturated rings. The molecule has 2 aliphatic rings. The van der Waals surface area contributed by atoms with Crippen molar-refractivity contribution in [3.05, 3.63) is 59.2 Å². The highest BCUT2D eigenvalue weighted by atomic mass is 16.4. The van der Waals surface area contributed by atoms with Crippen molar-refractivity contribution >= 4 is 59.0 Å². The van der Waals surface area contributed by atoms with Gasteiger partial charge in [0.25, 0.3) is 5.91 Å². The third-order valence-corrected chi connectivity index (χ3v) is 8.45. The first kappa shape index (κ1) is 38.3. The summed E-state index contributed by atoms with van der Waals surface area (Å²) in [6, 6.07) is 6.57. The van der Waals surface area contributed by atoms with E-state index in [1.165, 1.54) is 24.3 Å². The number of nitrogens with one attached hydrogen (secondary N) is 4. The Morgan fingerprint density at radius 3 is 1.87 bits per heavy atom. The fourth-order valence-corrected chi connectivity index (χ4v) is 5.86. The molecule has 5 amide bonds. The maximum atomic E-state index is 13.2. The largest absolute Gasteiger partial charge is 0.481 e. The normalized spacial score (nSPS) is 15.7. The van der Waals surface area contributed by atoms with E-state index < -0.39 is 103 Å². The molecular weight excluding hydrogens is 686 g/mol. The van der Waals surface area contributed by atoms with Crippen LogP contribution in [0.15, 0.2) is 42.5 Å². The number of hydrogen-bond donors (Lipinski definition) is 7. The van der Waals surface area contributed by atoms with Crippen molar-refractivity contribution in [2.24, 2.45) is 0 Å². The fourth-order valence-electron chi connectivity index (χ4n) is 5.86. The summed E-state index contributed by atoms with van der Waals surface area (Å²) in [5.41, 5.74) is 1.05. The number of carboxylic acid groups (broad SMARTS) is 3. The van der Waals surface area contributed by atoms with Gasteiger partial charge in [-0.3, -0.25) is 47.9 Å². The van der Waals surface area contributed by atoms with Gasteiger partial charge in [-0.1, -0.05) is 30.3 Å². The fraction of sp³-hybridized carbons (Fsp3) is 0.353. The number of fused-ring (bicyclic) bond motifs is 3. The second kappa shape index (κ2) is 17.0. The van der Waals surface area contributed by atoms with Crippen molar-refractivity contribution in [3.8, 4) is 11.1 Å². The predicted molar refractivity (Wildman–Crippen MR) is 176 cm³/mol. The quantitative estimate of drug-likeness (QED) is 0.106. The average molecular weight is 722 g/mol. The zero-order valence-corrected chi connectivity index (χ0v) is 27.5. The Bertz CT molecular complexity index is 1840. The van der Waals surface area contributed by atoms with Gasteiger partial charge < -0.3 is 41.5 Å². The van der Waals surface area contributed by atoms with Crippen LogP contribution in [0.5, 0.6) is 0 Å². The van der Waals surface area contributed by atoms with Crippen molar-refractivity contribution in [3.63, 3.8) is 0 Å². The van der Waals surface area contributed by atoms with Crippen LogP contribution in [0.2, 0.25) is 0 Å². The highest BCUT2D eigenvalue weighted by molar-refractivity contribution is 6.53. The lowest BCUT2D eigenvalue weighted by Gasteiger charge is -2.26. The molecule has 0 aromatic heterocycles. The van der Waals surface area contributed by atoms with Gasteiger partial charge in [-0.05, 0) is 48.9 Å². The van der Waals surface area contributed by atoms with E-state index in [2.05, 4.69) is 21.3 Å². The second-order valence-corrected chi connectivity index (χ2v) is 12.0. The van der Waals surface area contributed by atoms with Gasteiger partial charge in [0.15, 0.2) is 0 Å². The first-order valence-corrected chi connectivity index (χ1v) is 16.1. The van der Waals surface area contributed by atoms with Crippen LogP contribution >= 0.6 is 0 Å². The van der Waals surface area contributed by atoms with E-state index in [9.17, 15) is 53.1 Å². The Morgan fingerprint density at radius 2 is 1.25 bits per heavy atom. The number of Topliss-reactive ketones (excluding diaryl/α,β-unsaturated/α-hetero) is 2. The maximum absolute atomic E-state index is 13.2. The van der Waals surface area contributed by atoms with Crippen molar-refractivity contribution in [1.82, 2.24) is 26.2 Å². The zero-order chi connectivity index (χ0) is 38.1. The van der Waals surface area contributed by atoms with Gasteiger partial charge >= 0.3 is 17.9 Å². The second-order valence-electron chi connectivity index (χ2n) is 12.0. The van der Waals surface area contributed by atoms with Gasteiger partial charge in [0, 0.05) is 36.1 Å². The molecular formula is C34H35N5O13. The molecule has 2 aromatic carbocycles. The van der Waals surface area contributed by atoms with Crippen molar-refractivity contribution in [2.45, 2.75) is 56.7 Å². The van der Waals surface area contributed by atoms with E-state index >= 15 is 0 Å². The lowest BCUT2D eigenvalue weighted by Crippen LogP contribution is -2.55. The molecule has 7 N–H and O–H groups in total. The Kier molecular flexibility index (Phi) is 12.5. The number of rotatable bonds is 16. The maximum Gasteiger partial charge on any atom is 0.322 e. The molecule has 3 atom stereocenters. The van der Waals surface area contributed by atoms with E-state index in [1.54, 1.807) is 18.2 Å². The number of nitrogens with zero attached hydrogens (tertiary/aromatic N) is 1. The van der Waals surface area contributed by atoms with Crippen molar-refractivity contribution < 1.29 is 63.3 Å². The molecule has 52 heavy (non-hydrogen) atoms. The lowest BCUT2D eigenvalue weighted by molar-refractivity contribution is -0.141. The molecule has 274 valence electrons. The van der Waals surface area contributed by atoms with Crippen LogP contribution < -0.4 is 21.3 Å². The Morgan fingerprint density at radius 1 is 0.692 bits per heavy atom. The first-order chi connectivity index (χ1) is 24.7. The number of amides is 5. The summed E-state index contributed by atoms with van der Waals surface area (Å²) in [6.07, 6.45) is -1.29. The molecule has 4 rings (SSSR count). The predicted octanol–water partition coefficient (Wildman–Crippen LogP) is -0.647. The Labute approximate surface area is 294 Å². The Balaban J connectivity index is 1.41. The minimum Gasteiger partial charge on any atom is -0.481 e. The van der Waals surface area contributed by atoms with Crippen LogP contribution in [0.25, 0.3) is 11.1 Å². The number of ketones is 2. The summed E-state index contributed by atoms with van der Waals surface area (Å²) < 4.78 is 0. The van der Waals surface area contributed by atoms with Crippen LogP contribution in [-0.4, -0.2) is 117 Å². The van der Waals surface area contributed by atoms with Gasteiger partial charge in [-0.25, -0.2) is 0 Å². The van der Waals surface area contributed by atoms with Gasteiger partial charge in [-0.15, -0.1) is 0 Å². The van der Waals surface area contributed by atoms with E-state index in [0.29, 0.717) is 17.5 Å². The number of carboxylic acids is 3. The monoisotopic (exact) mass is 721 g/mol. The number of carbonyl (C=O) groups is 10. The van der Waals surface area contributed by atoms with Crippen LogP contribution in [0, 0.1) is 0 Å². The number of likely N-dealkylation sites (tertiary alicyclic amines) is 1. The number of benzene rings is 2. The SMILES string of the molecule is O=C(O)CC[C@H](NC(=O)c1ccc2c(c1)C(=O)C(=O)c1ccccc1-2)C(=O)NCC(=O)N1CCC[C@H]1C(=O)N[C@@H](CCC(=O)O)C(=O)NCC(=O)O. The molecule has 1 heterocycles. The molecule has 0 saturated carbocycles. The van der Waals surface area contributed by atoms with E-state index in [1.807, 2.05) is 0 Å². The minimum atomic E-state index is -1.46. The molecule has 2 aromatic rings. The minimum absolute atomic E-state index is 0.0215. The lowest BCUT2D eigenvalue weighted by atomic mass is 9.83. The molecule has 1 saturated heterocycles. The number of hydrogen-bond acceptors (Lipinski definition) is 10. The number of aliphatic carboxylic acids is 3. The van der Waals surface area contributed by atoms with Gasteiger partial charge in [0.05, 0.1) is 6.54 Å². The standard InChI is InChI=1S/C34H35N5O13/c40-25(39-13-3-6-24(39)34(52)38-23(10-12-27(43)44)33(51)36-16-28(45)46)15-35-32(50)22(9-11-26(41)42)37-31(49)17-7-8-19-18-4-1-2-5-20(18)29(47)30(48)21(19)14-17/h1-2,4-5,7-8,14,22-24H,3,6,9-13,15-16H2,(H,35,50)(H,36,51)(H,37,49)(H,38,52)(H,41,42)(H,43,44)(H,45,46)/t22-,23-,24-/m0/s1. The summed E-state index contributed by atoms with van der Waals surface area (Å²) in [4.78, 5) is 125. The smallest absolute Gasteiger partial charge is 0.322 e. The number of carbonyl (C=O) groups excluding carboxylic acids is 7. The molecule has 0 radical (unpaired) electrons. The Hall–Kier alpha value is -6.46. The summed E-state index contributed by atoms with van der Waals surface area (Å²) in [5, 5.41) is 36.3. The van der Waals surface area contributed by atoms with Gasteiger partial charge in [-0.2, -0.15) is 0 Å². The first-order valence-electron chi connectivity index (χ1n) is 16.1. The van der Waals surface area contributed by atoms with Crippen LogP contribution in [0.4, 0.5) is 0 Å². The van der Waals surface area contributed by atoms with Crippen LogP contribution in [-0.2, 0) is 33.6 Å². The summed E-state index contributed by atoms with van der Waals surface area (Å²) in [5.74, 6) is -9.74.